The molecule has 0 heterocycles. The summed E-state index contributed by atoms with van der Waals surface area (Å²) in [6, 6.07) is 0.788. The van der Waals surface area contributed by atoms with Gasteiger partial charge in [0, 0.05) is 18.3 Å². The smallest absolute Gasteiger partial charge is 0.00955 e. The van der Waals surface area contributed by atoms with Gasteiger partial charge < -0.3 is 5.32 Å². The van der Waals surface area contributed by atoms with Crippen LogP contribution in [0.25, 0.3) is 0 Å². The van der Waals surface area contributed by atoms with Gasteiger partial charge in [-0.05, 0) is 30.9 Å². The topological polar surface area (TPSA) is 12.0 Å². The Bertz CT molecular complexity index is 138. The van der Waals surface area contributed by atoms with Crippen LogP contribution in [-0.4, -0.2) is 24.6 Å². The second kappa shape index (κ2) is 5.92. The third kappa shape index (κ3) is 3.90. The minimum Gasteiger partial charge on any atom is -0.313 e. The van der Waals surface area contributed by atoms with Gasteiger partial charge in [-0.3, -0.25) is 0 Å². The molecule has 0 aromatic carbocycles. The van der Waals surface area contributed by atoms with Crippen molar-refractivity contribution in [2.24, 2.45) is 11.8 Å². The molecule has 3 unspecified atom stereocenters. The van der Waals surface area contributed by atoms with Gasteiger partial charge in [0.15, 0.2) is 0 Å². The van der Waals surface area contributed by atoms with Crippen LogP contribution in [0.2, 0.25) is 0 Å². The quantitative estimate of drug-likeness (QED) is 0.702. The van der Waals surface area contributed by atoms with Crippen LogP contribution < -0.4 is 5.32 Å². The predicted molar refractivity (Wildman–Crippen MR) is 62.4 cm³/mol. The number of nitrogens with one attached hydrogen (secondary N) is 1. The summed E-state index contributed by atoms with van der Waals surface area (Å²) in [4.78, 5) is 0. The highest BCUT2D eigenvalue weighted by molar-refractivity contribution is 7.98. The van der Waals surface area contributed by atoms with Crippen molar-refractivity contribution in [2.75, 3.05) is 18.6 Å². The Morgan fingerprint density at radius 1 is 1.31 bits per heavy atom. The Hall–Kier alpha value is 0.310. The molecule has 13 heavy (non-hydrogen) atoms. The highest BCUT2D eigenvalue weighted by atomic mass is 32.2. The fourth-order valence-electron chi connectivity index (χ4n) is 2.16. The minimum atomic E-state index is 0.788. The molecule has 1 saturated carbocycles. The van der Waals surface area contributed by atoms with E-state index in [1.807, 2.05) is 11.8 Å². The molecule has 3 atom stereocenters. The third-order valence-electron chi connectivity index (χ3n) is 3.17. The van der Waals surface area contributed by atoms with Gasteiger partial charge in [0.25, 0.3) is 0 Å². The molecule has 1 nitrogen and oxygen atoms in total. The first-order chi connectivity index (χ1) is 6.24. The van der Waals surface area contributed by atoms with Gasteiger partial charge in [0.1, 0.15) is 0 Å². The van der Waals surface area contributed by atoms with E-state index in [4.69, 9.17) is 0 Å². The molecule has 1 N–H and O–H groups in total. The first-order valence-corrected chi connectivity index (χ1v) is 6.85. The molecule has 0 radical (unpaired) electrons. The van der Waals surface area contributed by atoms with Gasteiger partial charge in [-0.2, -0.15) is 11.8 Å². The van der Waals surface area contributed by atoms with Gasteiger partial charge in [0.05, 0.1) is 0 Å². The molecular formula is C11H23NS. The first kappa shape index (κ1) is 11.4. The Labute approximate surface area is 87.1 Å². The van der Waals surface area contributed by atoms with Crippen molar-refractivity contribution < 1.29 is 0 Å². The fraction of sp³-hybridized carbons (Fsp3) is 1.00. The SMILES string of the molecule is CSCCNC1CC(C)CCC1C. The number of hydrogen-bond acceptors (Lipinski definition) is 2. The average molecular weight is 201 g/mol. The van der Waals surface area contributed by atoms with Gasteiger partial charge in [-0.25, -0.2) is 0 Å². The molecule has 0 amide bonds. The van der Waals surface area contributed by atoms with E-state index in [1.54, 1.807) is 0 Å². The molecule has 0 saturated heterocycles. The van der Waals surface area contributed by atoms with Gasteiger partial charge in [-0.1, -0.05) is 20.3 Å². The Morgan fingerprint density at radius 3 is 2.77 bits per heavy atom. The van der Waals surface area contributed by atoms with Crippen molar-refractivity contribution in [1.82, 2.24) is 5.32 Å². The lowest BCUT2D eigenvalue weighted by atomic mass is 9.80. The maximum Gasteiger partial charge on any atom is 0.00955 e. The molecule has 0 aromatic rings. The molecule has 78 valence electrons. The van der Waals surface area contributed by atoms with Crippen LogP contribution in [0.5, 0.6) is 0 Å². The molecule has 2 heteroatoms. The summed E-state index contributed by atoms with van der Waals surface area (Å²) in [6.45, 7) is 5.96. The van der Waals surface area contributed by atoms with E-state index in [0.29, 0.717) is 0 Å². The lowest BCUT2D eigenvalue weighted by Gasteiger charge is -2.33. The van der Waals surface area contributed by atoms with E-state index in [1.165, 1.54) is 31.6 Å². The molecule has 0 aliphatic heterocycles. The van der Waals surface area contributed by atoms with Crippen molar-refractivity contribution in [3.05, 3.63) is 0 Å². The predicted octanol–water partition coefficient (Wildman–Crippen LogP) is 2.76. The maximum atomic E-state index is 3.68. The van der Waals surface area contributed by atoms with Crippen LogP contribution in [0.4, 0.5) is 0 Å². The van der Waals surface area contributed by atoms with E-state index in [0.717, 1.165) is 17.9 Å². The zero-order chi connectivity index (χ0) is 9.68. The van der Waals surface area contributed by atoms with E-state index < -0.39 is 0 Å². The maximum absolute atomic E-state index is 3.68. The zero-order valence-corrected chi connectivity index (χ0v) is 9.99. The molecule has 0 aromatic heterocycles. The normalized spacial score (nSPS) is 34.8. The van der Waals surface area contributed by atoms with Crippen LogP contribution in [-0.2, 0) is 0 Å². The van der Waals surface area contributed by atoms with Gasteiger partial charge in [-0.15, -0.1) is 0 Å². The minimum absolute atomic E-state index is 0.788. The largest absolute Gasteiger partial charge is 0.313 e. The summed E-state index contributed by atoms with van der Waals surface area (Å²) in [5.74, 6) is 3.07. The monoisotopic (exact) mass is 201 g/mol. The summed E-state index contributed by atoms with van der Waals surface area (Å²) in [5.41, 5.74) is 0. The van der Waals surface area contributed by atoms with Crippen LogP contribution in [0, 0.1) is 11.8 Å². The summed E-state index contributed by atoms with van der Waals surface area (Å²) in [5, 5.41) is 3.68. The molecule has 0 spiro atoms. The van der Waals surface area contributed by atoms with Crippen LogP contribution in [0.1, 0.15) is 33.1 Å². The van der Waals surface area contributed by atoms with Gasteiger partial charge >= 0.3 is 0 Å². The second-order valence-electron chi connectivity index (χ2n) is 4.45. The Kier molecular flexibility index (Phi) is 5.18. The highest BCUT2D eigenvalue weighted by Crippen LogP contribution is 2.28. The summed E-state index contributed by atoms with van der Waals surface area (Å²) in [6.07, 6.45) is 6.41. The summed E-state index contributed by atoms with van der Waals surface area (Å²) in [7, 11) is 0. The Balaban J connectivity index is 2.21. The van der Waals surface area contributed by atoms with Crippen molar-refractivity contribution in [3.8, 4) is 0 Å². The van der Waals surface area contributed by atoms with E-state index in [9.17, 15) is 0 Å². The molecule has 0 bridgehead atoms. The van der Waals surface area contributed by atoms with Crippen molar-refractivity contribution in [1.29, 1.82) is 0 Å². The molecule has 1 rings (SSSR count). The second-order valence-corrected chi connectivity index (χ2v) is 5.43. The summed E-state index contributed by atoms with van der Waals surface area (Å²) >= 11 is 1.93. The summed E-state index contributed by atoms with van der Waals surface area (Å²) < 4.78 is 0. The number of rotatable bonds is 4. The number of thioether (sulfide) groups is 1. The van der Waals surface area contributed by atoms with E-state index in [-0.39, 0.29) is 0 Å². The van der Waals surface area contributed by atoms with Gasteiger partial charge in [0.2, 0.25) is 0 Å². The fourth-order valence-corrected chi connectivity index (χ4v) is 2.49. The highest BCUT2D eigenvalue weighted by Gasteiger charge is 2.24. The molecule has 1 aliphatic rings. The van der Waals surface area contributed by atoms with E-state index in [2.05, 4.69) is 25.4 Å². The third-order valence-corrected chi connectivity index (χ3v) is 3.78. The van der Waals surface area contributed by atoms with Crippen LogP contribution in [0.3, 0.4) is 0 Å². The van der Waals surface area contributed by atoms with E-state index >= 15 is 0 Å². The van der Waals surface area contributed by atoms with Crippen LogP contribution >= 0.6 is 11.8 Å². The number of hydrogen-bond donors (Lipinski definition) is 1. The standard InChI is InChI=1S/C11H23NS/c1-9-4-5-10(2)11(8-9)12-6-7-13-3/h9-12H,4-8H2,1-3H3. The zero-order valence-electron chi connectivity index (χ0n) is 9.18. The lowest BCUT2D eigenvalue weighted by molar-refractivity contribution is 0.232. The molecule has 1 fully saturated rings. The van der Waals surface area contributed by atoms with Crippen LogP contribution in [0.15, 0.2) is 0 Å². The average Bonchev–Trinajstić information content (AvgIpc) is 2.11. The molecular weight excluding hydrogens is 178 g/mol. The van der Waals surface area contributed by atoms with Crippen molar-refractivity contribution in [3.63, 3.8) is 0 Å². The Morgan fingerprint density at radius 2 is 2.08 bits per heavy atom. The first-order valence-electron chi connectivity index (χ1n) is 5.46. The van der Waals surface area contributed by atoms with Crippen molar-refractivity contribution in [2.45, 2.75) is 39.2 Å². The lowest BCUT2D eigenvalue weighted by Crippen LogP contribution is -2.40. The van der Waals surface area contributed by atoms with Crippen molar-refractivity contribution >= 4 is 11.8 Å². The molecule has 1 aliphatic carbocycles.